The van der Waals surface area contributed by atoms with Crippen molar-refractivity contribution < 1.29 is 24.2 Å². The molecule has 1 fully saturated rings. The van der Waals surface area contributed by atoms with Gasteiger partial charge in [-0.05, 0) is 37.5 Å². The molecule has 3 atom stereocenters. The van der Waals surface area contributed by atoms with Crippen LogP contribution in [0.15, 0.2) is 24.3 Å². The molecule has 2 rings (SSSR count). The van der Waals surface area contributed by atoms with E-state index in [0.29, 0.717) is 17.7 Å². The van der Waals surface area contributed by atoms with E-state index in [-0.39, 0.29) is 12.0 Å². The van der Waals surface area contributed by atoms with E-state index in [1.165, 1.54) is 4.90 Å². The van der Waals surface area contributed by atoms with E-state index >= 15 is 0 Å². The summed E-state index contributed by atoms with van der Waals surface area (Å²) < 4.78 is 10.5. The van der Waals surface area contributed by atoms with Crippen molar-refractivity contribution in [2.75, 3.05) is 7.11 Å². The number of carbonyl (C=O) groups is 2. The Morgan fingerprint density at radius 1 is 1.27 bits per heavy atom. The van der Waals surface area contributed by atoms with Gasteiger partial charge in [0.15, 0.2) is 0 Å². The Hall–Kier alpha value is -2.08. The molecule has 6 nitrogen and oxygen atoms in total. The van der Waals surface area contributed by atoms with Crippen LogP contribution in [0.3, 0.4) is 0 Å². The summed E-state index contributed by atoms with van der Waals surface area (Å²) in [6, 6.07) is 6.62. The third-order valence-corrected chi connectivity index (χ3v) is 4.92. The van der Waals surface area contributed by atoms with Gasteiger partial charge in [0.2, 0.25) is 5.91 Å². The highest BCUT2D eigenvalue weighted by molar-refractivity contribution is 5.94. The number of nitrogens with zero attached hydrogens (tertiary/aromatic N) is 1. The zero-order chi connectivity index (χ0) is 19.6. The maximum atomic E-state index is 13.0. The summed E-state index contributed by atoms with van der Waals surface area (Å²) >= 11 is 0. The number of aliphatic hydroxyl groups is 1. The molecule has 0 spiro atoms. The average molecular weight is 363 g/mol. The van der Waals surface area contributed by atoms with Crippen molar-refractivity contribution in [3.05, 3.63) is 29.8 Å². The van der Waals surface area contributed by atoms with Crippen LogP contribution in [-0.2, 0) is 9.53 Å². The second-order valence-electron chi connectivity index (χ2n) is 7.86. The largest absolute Gasteiger partial charge is 0.497 e. The van der Waals surface area contributed by atoms with Crippen molar-refractivity contribution in [1.82, 2.24) is 4.90 Å². The number of methoxy groups -OCH3 is 1. The van der Waals surface area contributed by atoms with Crippen molar-refractivity contribution in [3.63, 3.8) is 0 Å². The summed E-state index contributed by atoms with van der Waals surface area (Å²) in [5.74, 6) is -0.441. The molecule has 1 aliphatic rings. The van der Waals surface area contributed by atoms with Gasteiger partial charge in [-0.25, -0.2) is 9.69 Å². The Balaban J connectivity index is 2.22. The number of hydrogen-bond donors (Lipinski definition) is 1. The quantitative estimate of drug-likeness (QED) is 0.866. The molecule has 6 heteroatoms. The minimum absolute atomic E-state index is 0.0939. The third-order valence-electron chi connectivity index (χ3n) is 4.92. The van der Waals surface area contributed by atoms with Crippen LogP contribution in [-0.4, -0.2) is 40.8 Å². The highest BCUT2D eigenvalue weighted by atomic mass is 16.6. The standard InChI is InChI=1S/C20H29NO5/c1-12(2)16-11-20(4,5)26-19(24)21(16)18(23)13(3)17(22)14-7-9-15(25-6)10-8-14/h7-10,12-13,16-17,22H,11H2,1-6H3/t13-,16-,17-/m1/s1. The second kappa shape index (κ2) is 7.66. The molecule has 1 aromatic rings. The van der Waals surface area contributed by atoms with Crippen molar-refractivity contribution in [3.8, 4) is 5.75 Å². The average Bonchev–Trinajstić information content (AvgIpc) is 2.58. The van der Waals surface area contributed by atoms with Crippen molar-refractivity contribution >= 4 is 12.0 Å². The van der Waals surface area contributed by atoms with Crippen molar-refractivity contribution in [2.45, 2.75) is 58.8 Å². The van der Waals surface area contributed by atoms with Crippen LogP contribution in [0.2, 0.25) is 0 Å². The Kier molecular flexibility index (Phi) is 5.96. The van der Waals surface area contributed by atoms with E-state index in [1.807, 2.05) is 27.7 Å². The van der Waals surface area contributed by atoms with Crippen molar-refractivity contribution in [2.24, 2.45) is 11.8 Å². The minimum Gasteiger partial charge on any atom is -0.497 e. The second-order valence-corrected chi connectivity index (χ2v) is 7.86. The molecular weight excluding hydrogens is 334 g/mol. The molecule has 0 aliphatic carbocycles. The first-order chi connectivity index (χ1) is 12.1. The highest BCUT2D eigenvalue weighted by Gasteiger charge is 2.46. The lowest BCUT2D eigenvalue weighted by Crippen LogP contribution is -2.58. The molecule has 0 unspecified atom stereocenters. The van der Waals surface area contributed by atoms with Gasteiger partial charge < -0.3 is 14.6 Å². The molecule has 1 saturated heterocycles. The van der Waals surface area contributed by atoms with Gasteiger partial charge in [-0.1, -0.05) is 32.9 Å². The molecule has 144 valence electrons. The lowest BCUT2D eigenvalue weighted by Gasteiger charge is -2.44. The number of imide groups is 1. The maximum absolute atomic E-state index is 13.0. The van der Waals surface area contributed by atoms with E-state index in [0.717, 1.165) is 0 Å². The fourth-order valence-corrected chi connectivity index (χ4v) is 3.29. The molecule has 2 amide bonds. The number of hydrogen-bond acceptors (Lipinski definition) is 5. The molecule has 1 aliphatic heterocycles. The Morgan fingerprint density at radius 3 is 2.35 bits per heavy atom. The summed E-state index contributed by atoms with van der Waals surface area (Å²) in [4.78, 5) is 26.7. The van der Waals surface area contributed by atoms with Crippen LogP contribution in [0.25, 0.3) is 0 Å². The number of benzene rings is 1. The van der Waals surface area contributed by atoms with Gasteiger partial charge in [0.05, 0.1) is 19.1 Å². The maximum Gasteiger partial charge on any atom is 0.417 e. The highest BCUT2D eigenvalue weighted by Crippen LogP contribution is 2.34. The summed E-state index contributed by atoms with van der Waals surface area (Å²) in [5, 5.41) is 10.6. The molecule has 0 radical (unpaired) electrons. The molecule has 0 aromatic heterocycles. The number of rotatable bonds is 5. The topological polar surface area (TPSA) is 76.1 Å². The van der Waals surface area contributed by atoms with Gasteiger partial charge >= 0.3 is 6.09 Å². The van der Waals surface area contributed by atoms with Gasteiger partial charge in [0.25, 0.3) is 0 Å². The number of cyclic esters (lactones) is 1. The Bertz CT molecular complexity index is 653. The SMILES string of the molecule is COc1ccc([C@H](O)[C@@H](C)C(=O)N2C(=O)OC(C)(C)C[C@@H]2C(C)C)cc1. The molecule has 1 aromatic carbocycles. The summed E-state index contributed by atoms with van der Waals surface area (Å²) in [6.07, 6.45) is -1.10. The summed E-state index contributed by atoms with van der Waals surface area (Å²) in [7, 11) is 1.56. The Labute approximate surface area is 155 Å². The lowest BCUT2D eigenvalue weighted by atomic mass is 9.87. The monoisotopic (exact) mass is 363 g/mol. The number of aliphatic hydroxyl groups excluding tert-OH is 1. The van der Waals surface area contributed by atoms with Crippen molar-refractivity contribution in [1.29, 1.82) is 0 Å². The predicted molar refractivity (Wildman–Crippen MR) is 97.8 cm³/mol. The first kappa shape index (κ1) is 20.2. The number of ether oxygens (including phenoxy) is 2. The first-order valence-corrected chi connectivity index (χ1v) is 8.95. The smallest absolute Gasteiger partial charge is 0.417 e. The molecular formula is C20H29NO5. The van der Waals surface area contributed by atoms with E-state index < -0.39 is 29.6 Å². The third kappa shape index (κ3) is 4.18. The molecule has 1 heterocycles. The molecule has 0 bridgehead atoms. The fourth-order valence-electron chi connectivity index (χ4n) is 3.29. The van der Waals surface area contributed by atoms with Crippen LogP contribution in [0.1, 0.15) is 52.7 Å². The van der Waals surface area contributed by atoms with Crippen LogP contribution in [0, 0.1) is 11.8 Å². The van der Waals surface area contributed by atoms with Crippen LogP contribution >= 0.6 is 0 Å². The van der Waals surface area contributed by atoms with Gasteiger partial charge in [-0.15, -0.1) is 0 Å². The summed E-state index contributed by atoms with van der Waals surface area (Å²) in [6.45, 7) is 9.27. The zero-order valence-electron chi connectivity index (χ0n) is 16.4. The van der Waals surface area contributed by atoms with Crippen LogP contribution < -0.4 is 4.74 Å². The number of carbonyl (C=O) groups excluding carboxylic acids is 2. The van der Waals surface area contributed by atoms with Gasteiger partial charge in [0, 0.05) is 12.5 Å². The minimum atomic E-state index is -1.02. The van der Waals surface area contributed by atoms with Gasteiger partial charge in [0.1, 0.15) is 11.4 Å². The first-order valence-electron chi connectivity index (χ1n) is 8.95. The molecule has 26 heavy (non-hydrogen) atoms. The van der Waals surface area contributed by atoms with E-state index in [9.17, 15) is 14.7 Å². The lowest BCUT2D eigenvalue weighted by molar-refractivity contribution is -0.147. The Morgan fingerprint density at radius 2 is 1.85 bits per heavy atom. The van der Waals surface area contributed by atoms with E-state index in [1.54, 1.807) is 38.3 Å². The van der Waals surface area contributed by atoms with E-state index in [4.69, 9.17) is 9.47 Å². The fraction of sp³-hybridized carbons (Fsp3) is 0.600. The molecule has 0 saturated carbocycles. The molecule has 1 N–H and O–H groups in total. The number of amides is 2. The zero-order valence-corrected chi connectivity index (χ0v) is 16.4. The van der Waals surface area contributed by atoms with Gasteiger partial charge in [-0.3, -0.25) is 4.79 Å². The van der Waals surface area contributed by atoms with Crippen LogP contribution in [0.5, 0.6) is 5.75 Å². The van der Waals surface area contributed by atoms with Crippen LogP contribution in [0.4, 0.5) is 4.79 Å². The van der Waals surface area contributed by atoms with E-state index in [2.05, 4.69) is 0 Å². The summed E-state index contributed by atoms with van der Waals surface area (Å²) in [5.41, 5.74) is -0.0147. The normalized spacial score (nSPS) is 21.9. The predicted octanol–water partition coefficient (Wildman–Crippen LogP) is 3.54. The van der Waals surface area contributed by atoms with Gasteiger partial charge in [-0.2, -0.15) is 0 Å².